The molecular weight excluding hydrogens is 282 g/mol. The number of nitrogens with two attached hydrogens (primary N) is 1. The Balaban J connectivity index is 2.32. The van der Waals surface area contributed by atoms with Crippen molar-refractivity contribution in [3.63, 3.8) is 0 Å². The second kappa shape index (κ2) is 6.31. The summed E-state index contributed by atoms with van der Waals surface area (Å²) in [5.41, 5.74) is 5.54. The van der Waals surface area contributed by atoms with E-state index in [9.17, 15) is 4.79 Å². The lowest BCUT2D eigenvalue weighted by molar-refractivity contribution is 0.0998. The quantitative estimate of drug-likeness (QED) is 0.854. The minimum absolute atomic E-state index is 0.203. The molecule has 104 valence electrons. The van der Waals surface area contributed by atoms with Crippen LogP contribution in [0.3, 0.4) is 0 Å². The van der Waals surface area contributed by atoms with Gasteiger partial charge in [0.25, 0.3) is 5.91 Å². The molecule has 0 bridgehead atoms. The maximum atomic E-state index is 11.3. The second-order valence-corrected chi connectivity index (χ2v) is 4.23. The van der Waals surface area contributed by atoms with Crippen LogP contribution in [0.5, 0.6) is 11.6 Å². The number of halogens is 1. The number of benzene rings is 1. The van der Waals surface area contributed by atoms with Gasteiger partial charge < -0.3 is 15.2 Å². The number of amides is 1. The molecule has 0 radical (unpaired) electrons. The standard InChI is InChI=1S/C13H12ClN3O3/c1-19-7-11-16-10(14)6-12(17-11)20-9-5-3-2-4-8(9)13(15)18/h2-6H,7H2,1H3,(H2,15,18). The van der Waals surface area contributed by atoms with Gasteiger partial charge >= 0.3 is 0 Å². The van der Waals surface area contributed by atoms with Gasteiger partial charge in [-0.15, -0.1) is 0 Å². The number of hydrogen-bond acceptors (Lipinski definition) is 5. The van der Waals surface area contributed by atoms with E-state index in [1.54, 1.807) is 24.3 Å². The summed E-state index contributed by atoms with van der Waals surface area (Å²) in [7, 11) is 1.52. The van der Waals surface area contributed by atoms with Gasteiger partial charge in [0.15, 0.2) is 5.82 Å². The molecule has 20 heavy (non-hydrogen) atoms. The number of nitrogens with zero attached hydrogens (tertiary/aromatic N) is 2. The lowest BCUT2D eigenvalue weighted by Gasteiger charge is -2.09. The molecule has 1 heterocycles. The Morgan fingerprint density at radius 3 is 2.80 bits per heavy atom. The van der Waals surface area contributed by atoms with E-state index in [1.807, 2.05) is 0 Å². The van der Waals surface area contributed by atoms with E-state index < -0.39 is 5.91 Å². The van der Waals surface area contributed by atoms with E-state index in [0.717, 1.165) is 0 Å². The Morgan fingerprint density at radius 2 is 2.10 bits per heavy atom. The minimum Gasteiger partial charge on any atom is -0.438 e. The zero-order valence-electron chi connectivity index (χ0n) is 10.7. The van der Waals surface area contributed by atoms with E-state index in [1.165, 1.54) is 13.2 Å². The molecule has 2 N–H and O–H groups in total. The molecule has 0 saturated carbocycles. The smallest absolute Gasteiger partial charge is 0.252 e. The molecule has 0 saturated heterocycles. The normalized spacial score (nSPS) is 10.3. The monoisotopic (exact) mass is 293 g/mol. The highest BCUT2D eigenvalue weighted by molar-refractivity contribution is 6.29. The van der Waals surface area contributed by atoms with Crippen molar-refractivity contribution in [3.05, 3.63) is 46.9 Å². The lowest BCUT2D eigenvalue weighted by atomic mass is 10.2. The molecule has 0 aliphatic heterocycles. The van der Waals surface area contributed by atoms with E-state index in [-0.39, 0.29) is 23.2 Å². The van der Waals surface area contributed by atoms with E-state index in [0.29, 0.717) is 11.6 Å². The van der Waals surface area contributed by atoms with Crippen LogP contribution in [0.4, 0.5) is 0 Å². The molecular formula is C13H12ClN3O3. The van der Waals surface area contributed by atoms with Crippen molar-refractivity contribution in [2.45, 2.75) is 6.61 Å². The molecule has 1 aromatic heterocycles. The van der Waals surface area contributed by atoms with Crippen LogP contribution in [-0.2, 0) is 11.3 Å². The number of methoxy groups -OCH3 is 1. The minimum atomic E-state index is -0.585. The molecule has 2 aromatic rings. The van der Waals surface area contributed by atoms with Crippen LogP contribution in [0.2, 0.25) is 5.15 Å². The number of aromatic nitrogens is 2. The van der Waals surface area contributed by atoms with Gasteiger partial charge in [0.2, 0.25) is 5.88 Å². The van der Waals surface area contributed by atoms with Gasteiger partial charge in [-0.05, 0) is 12.1 Å². The lowest BCUT2D eigenvalue weighted by Crippen LogP contribution is -2.12. The predicted molar refractivity (Wildman–Crippen MR) is 72.8 cm³/mol. The van der Waals surface area contributed by atoms with Gasteiger partial charge in [0.05, 0.1) is 5.56 Å². The molecule has 2 rings (SSSR count). The average Bonchev–Trinajstić information content (AvgIpc) is 2.38. The van der Waals surface area contributed by atoms with E-state index in [4.69, 9.17) is 26.8 Å². The number of para-hydroxylation sites is 1. The van der Waals surface area contributed by atoms with Gasteiger partial charge in [-0.3, -0.25) is 4.79 Å². The summed E-state index contributed by atoms with van der Waals surface area (Å²) in [5.74, 6) is 0.313. The highest BCUT2D eigenvalue weighted by Gasteiger charge is 2.11. The number of carbonyl (C=O) groups is 1. The first-order valence-corrected chi connectivity index (χ1v) is 6.07. The number of ether oxygens (including phenoxy) is 2. The van der Waals surface area contributed by atoms with Crippen LogP contribution in [0.1, 0.15) is 16.2 Å². The second-order valence-electron chi connectivity index (χ2n) is 3.84. The fourth-order valence-electron chi connectivity index (χ4n) is 1.56. The van der Waals surface area contributed by atoms with Crippen molar-refractivity contribution in [3.8, 4) is 11.6 Å². The van der Waals surface area contributed by atoms with Crippen LogP contribution >= 0.6 is 11.6 Å². The molecule has 1 aromatic carbocycles. The fourth-order valence-corrected chi connectivity index (χ4v) is 1.75. The summed E-state index contributed by atoms with van der Waals surface area (Å²) in [6.45, 7) is 0.203. The summed E-state index contributed by atoms with van der Waals surface area (Å²) < 4.78 is 10.5. The largest absolute Gasteiger partial charge is 0.438 e. The fraction of sp³-hybridized carbons (Fsp3) is 0.154. The molecule has 0 aliphatic carbocycles. The van der Waals surface area contributed by atoms with Crippen molar-refractivity contribution < 1.29 is 14.3 Å². The summed E-state index contributed by atoms with van der Waals surface area (Å²) in [6.07, 6.45) is 0. The van der Waals surface area contributed by atoms with Crippen molar-refractivity contribution in [2.24, 2.45) is 5.73 Å². The van der Waals surface area contributed by atoms with Gasteiger partial charge in [-0.1, -0.05) is 23.7 Å². The summed E-state index contributed by atoms with van der Waals surface area (Å²) in [4.78, 5) is 19.4. The number of rotatable bonds is 5. The van der Waals surface area contributed by atoms with Gasteiger partial charge in [-0.2, -0.15) is 4.98 Å². The first kappa shape index (κ1) is 14.2. The zero-order valence-corrected chi connectivity index (χ0v) is 11.4. The van der Waals surface area contributed by atoms with Crippen LogP contribution in [0.15, 0.2) is 30.3 Å². The predicted octanol–water partition coefficient (Wildman–Crippen LogP) is 2.17. The Labute approximate surface area is 120 Å². The topological polar surface area (TPSA) is 87.3 Å². The van der Waals surface area contributed by atoms with Crippen LogP contribution in [0.25, 0.3) is 0 Å². The van der Waals surface area contributed by atoms with Crippen LogP contribution in [-0.4, -0.2) is 23.0 Å². The third-order valence-electron chi connectivity index (χ3n) is 2.36. The van der Waals surface area contributed by atoms with E-state index in [2.05, 4.69) is 9.97 Å². The first-order valence-electron chi connectivity index (χ1n) is 5.69. The maximum Gasteiger partial charge on any atom is 0.252 e. The summed E-state index contributed by atoms with van der Waals surface area (Å²) in [5, 5.41) is 0.221. The van der Waals surface area contributed by atoms with Crippen molar-refractivity contribution in [2.75, 3.05) is 7.11 Å². The zero-order chi connectivity index (χ0) is 14.5. The molecule has 6 nitrogen and oxygen atoms in total. The van der Waals surface area contributed by atoms with Crippen molar-refractivity contribution in [1.82, 2.24) is 9.97 Å². The third-order valence-corrected chi connectivity index (χ3v) is 2.55. The maximum absolute atomic E-state index is 11.3. The molecule has 0 spiro atoms. The molecule has 1 amide bonds. The Hall–Kier alpha value is -2.18. The van der Waals surface area contributed by atoms with Gasteiger partial charge in [0.1, 0.15) is 17.5 Å². The number of hydrogen-bond donors (Lipinski definition) is 1. The first-order chi connectivity index (χ1) is 9.60. The molecule has 0 fully saturated rings. The third kappa shape index (κ3) is 3.43. The Morgan fingerprint density at radius 1 is 1.35 bits per heavy atom. The average molecular weight is 294 g/mol. The SMILES string of the molecule is COCc1nc(Cl)cc(Oc2ccccc2C(N)=O)n1. The van der Waals surface area contributed by atoms with Gasteiger partial charge in [0, 0.05) is 13.2 Å². The highest BCUT2D eigenvalue weighted by Crippen LogP contribution is 2.25. The van der Waals surface area contributed by atoms with Crippen molar-refractivity contribution >= 4 is 17.5 Å². The van der Waals surface area contributed by atoms with Crippen molar-refractivity contribution in [1.29, 1.82) is 0 Å². The van der Waals surface area contributed by atoms with E-state index >= 15 is 0 Å². The molecule has 0 unspecified atom stereocenters. The number of primary amides is 1. The Kier molecular flexibility index (Phi) is 4.49. The number of carbonyl (C=O) groups excluding carboxylic acids is 1. The summed E-state index contributed by atoms with van der Waals surface area (Å²) in [6, 6.07) is 8.04. The highest BCUT2D eigenvalue weighted by atomic mass is 35.5. The Bertz CT molecular complexity index is 634. The molecule has 0 aliphatic rings. The van der Waals surface area contributed by atoms with Gasteiger partial charge in [-0.25, -0.2) is 4.98 Å². The molecule has 7 heteroatoms. The van der Waals surface area contributed by atoms with Crippen LogP contribution in [0, 0.1) is 0 Å². The molecule has 0 atom stereocenters. The summed E-state index contributed by atoms with van der Waals surface area (Å²) >= 11 is 5.88. The van der Waals surface area contributed by atoms with Crippen LogP contribution < -0.4 is 10.5 Å².